The predicted molar refractivity (Wildman–Crippen MR) is 128 cm³/mol. The summed E-state index contributed by atoms with van der Waals surface area (Å²) < 4.78 is 7.42. The van der Waals surface area contributed by atoms with E-state index in [2.05, 4.69) is 22.5 Å². The number of hydrogen-bond donors (Lipinski definition) is 2. The normalized spacial score (nSPS) is 15.2. The number of ether oxygens (including phenoxy) is 1. The van der Waals surface area contributed by atoms with Crippen molar-refractivity contribution in [3.05, 3.63) is 70.9 Å². The quantitative estimate of drug-likeness (QED) is 0.493. The Morgan fingerprint density at radius 2 is 1.94 bits per heavy atom. The Hall–Kier alpha value is -3.26. The fourth-order valence-electron chi connectivity index (χ4n) is 3.70. The molecule has 3 aromatic rings. The molecule has 0 spiro atoms. The number of hydrogen-bond acceptors (Lipinski definition) is 6. The van der Waals surface area contributed by atoms with Crippen molar-refractivity contribution in [3.8, 4) is 5.75 Å². The molecule has 1 amide bonds. The summed E-state index contributed by atoms with van der Waals surface area (Å²) in [6.07, 6.45) is 1.03. The molecular weight excluding hydrogens is 422 g/mol. The Balaban J connectivity index is 1.78. The molecule has 1 aliphatic heterocycles. The number of thioether (sulfide) groups is 1. The number of fused-ring (bicyclic) bond motifs is 1. The van der Waals surface area contributed by atoms with Gasteiger partial charge in [0.2, 0.25) is 11.1 Å². The maximum absolute atomic E-state index is 13.5. The molecule has 0 saturated carbocycles. The van der Waals surface area contributed by atoms with Gasteiger partial charge in [0.1, 0.15) is 11.8 Å². The lowest BCUT2D eigenvalue weighted by atomic mass is 9.94. The van der Waals surface area contributed by atoms with Crippen molar-refractivity contribution < 1.29 is 9.53 Å². The summed E-state index contributed by atoms with van der Waals surface area (Å²) in [5, 5.41) is 11.7. The van der Waals surface area contributed by atoms with Crippen LogP contribution < -0.4 is 15.4 Å². The number of para-hydroxylation sites is 1. The molecule has 32 heavy (non-hydrogen) atoms. The molecule has 166 valence electrons. The molecule has 0 radical (unpaired) electrons. The van der Waals surface area contributed by atoms with Crippen LogP contribution in [0.25, 0.3) is 0 Å². The first-order chi connectivity index (χ1) is 15.5. The lowest BCUT2D eigenvalue weighted by Crippen LogP contribution is -2.31. The molecular formula is C24H27N5O2S. The molecule has 1 aromatic heterocycles. The lowest BCUT2D eigenvalue weighted by molar-refractivity contribution is -0.113. The van der Waals surface area contributed by atoms with Crippen LogP contribution in [0.3, 0.4) is 0 Å². The van der Waals surface area contributed by atoms with E-state index in [0.29, 0.717) is 22.4 Å². The third-order valence-corrected chi connectivity index (χ3v) is 6.30. The summed E-state index contributed by atoms with van der Waals surface area (Å²) in [6, 6.07) is 15.0. The predicted octanol–water partition coefficient (Wildman–Crippen LogP) is 5.02. The molecule has 2 N–H and O–H groups in total. The Morgan fingerprint density at radius 3 is 2.66 bits per heavy atom. The number of aryl methyl sites for hydroxylation is 1. The second-order valence-electron chi connectivity index (χ2n) is 7.64. The minimum atomic E-state index is -0.476. The van der Waals surface area contributed by atoms with Crippen molar-refractivity contribution in [1.82, 2.24) is 14.8 Å². The fourth-order valence-corrected chi connectivity index (χ4v) is 4.38. The van der Waals surface area contributed by atoms with Crippen molar-refractivity contribution in [3.63, 3.8) is 0 Å². The first-order valence-corrected chi connectivity index (χ1v) is 11.6. The Bertz CT molecular complexity index is 1150. The number of rotatable bonds is 7. The second-order valence-corrected chi connectivity index (χ2v) is 8.70. The van der Waals surface area contributed by atoms with Gasteiger partial charge in [-0.2, -0.15) is 4.98 Å². The number of allylic oxidation sites excluding steroid dienone is 1. The van der Waals surface area contributed by atoms with Crippen LogP contribution >= 0.6 is 11.8 Å². The van der Waals surface area contributed by atoms with Crippen LogP contribution in [0.1, 0.15) is 37.4 Å². The maximum atomic E-state index is 13.5. The van der Waals surface area contributed by atoms with Gasteiger partial charge in [0.05, 0.1) is 12.7 Å². The third kappa shape index (κ3) is 4.36. The molecule has 1 atom stereocenters. The van der Waals surface area contributed by atoms with E-state index >= 15 is 0 Å². The number of methoxy groups -OCH3 is 1. The third-order valence-electron chi connectivity index (χ3n) is 5.26. The minimum absolute atomic E-state index is 0.196. The fraction of sp³-hybridized carbons (Fsp3) is 0.292. The first kappa shape index (κ1) is 22.0. The van der Waals surface area contributed by atoms with Gasteiger partial charge in [-0.15, -0.1) is 5.10 Å². The van der Waals surface area contributed by atoms with E-state index in [0.717, 1.165) is 34.7 Å². The monoisotopic (exact) mass is 449 g/mol. The number of anilines is 2. The molecule has 2 aromatic carbocycles. The zero-order chi connectivity index (χ0) is 22.7. The van der Waals surface area contributed by atoms with Gasteiger partial charge in [-0.3, -0.25) is 4.79 Å². The number of nitrogens with one attached hydrogen (secondary N) is 2. The highest BCUT2D eigenvalue weighted by Crippen LogP contribution is 2.40. The van der Waals surface area contributed by atoms with Crippen molar-refractivity contribution >= 4 is 29.3 Å². The largest absolute Gasteiger partial charge is 0.496 e. The van der Waals surface area contributed by atoms with Crippen LogP contribution in [-0.2, 0) is 4.79 Å². The Labute approximate surface area is 192 Å². The Morgan fingerprint density at radius 1 is 1.19 bits per heavy atom. The average molecular weight is 450 g/mol. The molecule has 4 rings (SSSR count). The van der Waals surface area contributed by atoms with Gasteiger partial charge in [-0.05, 0) is 38.5 Å². The van der Waals surface area contributed by atoms with E-state index in [1.54, 1.807) is 23.6 Å². The summed E-state index contributed by atoms with van der Waals surface area (Å²) in [4.78, 5) is 18.2. The number of benzene rings is 2. The van der Waals surface area contributed by atoms with E-state index < -0.39 is 6.04 Å². The van der Waals surface area contributed by atoms with Crippen LogP contribution in [0, 0.1) is 6.92 Å². The minimum Gasteiger partial charge on any atom is -0.496 e. The lowest BCUT2D eigenvalue weighted by Gasteiger charge is -2.29. The number of aromatic nitrogens is 3. The number of carbonyl (C=O) groups is 1. The topological polar surface area (TPSA) is 81.1 Å². The highest BCUT2D eigenvalue weighted by Gasteiger charge is 2.35. The van der Waals surface area contributed by atoms with E-state index in [4.69, 9.17) is 9.84 Å². The molecule has 0 aliphatic carbocycles. The van der Waals surface area contributed by atoms with Crippen molar-refractivity contribution in [2.45, 2.75) is 38.4 Å². The molecule has 7 nitrogen and oxygen atoms in total. The molecule has 0 saturated heterocycles. The summed E-state index contributed by atoms with van der Waals surface area (Å²) in [6.45, 7) is 6.03. The maximum Gasteiger partial charge on any atom is 0.255 e. The van der Waals surface area contributed by atoms with Gasteiger partial charge in [-0.1, -0.05) is 54.6 Å². The zero-order valence-electron chi connectivity index (χ0n) is 18.7. The molecule has 1 aliphatic rings. The highest BCUT2D eigenvalue weighted by atomic mass is 32.2. The molecule has 0 fully saturated rings. The van der Waals surface area contributed by atoms with Crippen LogP contribution in [-0.4, -0.2) is 33.5 Å². The molecule has 8 heteroatoms. The highest BCUT2D eigenvalue weighted by molar-refractivity contribution is 7.99. The molecule has 0 bridgehead atoms. The average Bonchev–Trinajstić information content (AvgIpc) is 3.20. The van der Waals surface area contributed by atoms with E-state index in [9.17, 15) is 4.79 Å². The summed E-state index contributed by atoms with van der Waals surface area (Å²) in [7, 11) is 1.63. The van der Waals surface area contributed by atoms with Crippen molar-refractivity contribution in [1.29, 1.82) is 0 Å². The molecule has 2 heterocycles. The summed E-state index contributed by atoms with van der Waals surface area (Å²) in [5.41, 5.74) is 4.03. The standard InChI is InChI=1S/C24H27N5O2S/c1-5-14-32-24-27-23-25-16(3)20(22(30)26-17-12-10-15(2)11-13-17)21(29(23)28-24)18-8-6-7-9-19(18)31-4/h6-13,21H,5,14H2,1-4H3,(H,26,30)(H,25,27,28). The van der Waals surface area contributed by atoms with Gasteiger partial charge >= 0.3 is 0 Å². The van der Waals surface area contributed by atoms with Crippen LogP contribution in [0.15, 0.2) is 65.0 Å². The molecule has 1 unspecified atom stereocenters. The van der Waals surface area contributed by atoms with Gasteiger partial charge in [-0.25, -0.2) is 4.68 Å². The van der Waals surface area contributed by atoms with Crippen LogP contribution in [0.5, 0.6) is 5.75 Å². The first-order valence-electron chi connectivity index (χ1n) is 10.6. The number of amides is 1. The van der Waals surface area contributed by atoms with Gasteiger partial charge in [0.15, 0.2) is 0 Å². The zero-order valence-corrected chi connectivity index (χ0v) is 19.5. The SMILES string of the molecule is CCCSc1nc2n(n1)C(c1ccccc1OC)C(C(=O)Nc1ccc(C)cc1)=C(C)N2. The number of nitrogens with zero attached hydrogens (tertiary/aromatic N) is 3. The summed E-state index contributed by atoms with van der Waals surface area (Å²) in [5.74, 6) is 2.04. The number of carbonyl (C=O) groups excluding carboxylic acids is 1. The van der Waals surface area contributed by atoms with Crippen LogP contribution in [0.4, 0.5) is 11.6 Å². The second kappa shape index (κ2) is 9.48. The smallest absolute Gasteiger partial charge is 0.255 e. The Kier molecular flexibility index (Phi) is 6.50. The van der Waals surface area contributed by atoms with Crippen LogP contribution in [0.2, 0.25) is 0 Å². The van der Waals surface area contributed by atoms with E-state index in [1.165, 1.54) is 0 Å². The van der Waals surface area contributed by atoms with E-state index in [-0.39, 0.29) is 5.91 Å². The van der Waals surface area contributed by atoms with Gasteiger partial charge in [0.25, 0.3) is 5.91 Å². The van der Waals surface area contributed by atoms with Crippen molar-refractivity contribution in [2.75, 3.05) is 23.5 Å². The van der Waals surface area contributed by atoms with E-state index in [1.807, 2.05) is 62.4 Å². The van der Waals surface area contributed by atoms with Gasteiger partial charge < -0.3 is 15.4 Å². The summed E-state index contributed by atoms with van der Waals surface area (Å²) >= 11 is 1.60. The van der Waals surface area contributed by atoms with Gasteiger partial charge in [0, 0.05) is 22.7 Å². The van der Waals surface area contributed by atoms with Crippen molar-refractivity contribution in [2.24, 2.45) is 0 Å².